The van der Waals surface area contributed by atoms with Gasteiger partial charge in [0.05, 0.1) is 10.9 Å². The van der Waals surface area contributed by atoms with E-state index in [1.54, 1.807) is 18.3 Å². The van der Waals surface area contributed by atoms with Crippen LogP contribution in [0, 0.1) is 12.7 Å². The summed E-state index contributed by atoms with van der Waals surface area (Å²) in [5.41, 5.74) is 8.36. The summed E-state index contributed by atoms with van der Waals surface area (Å²) in [6.07, 6.45) is 0. The van der Waals surface area contributed by atoms with Gasteiger partial charge in [-0.2, -0.15) is 0 Å². The Hall–Kier alpha value is -1.10. The van der Waals surface area contributed by atoms with E-state index in [1.807, 2.05) is 32.2 Å². The highest BCUT2D eigenvalue weighted by Crippen LogP contribution is 2.30. The smallest absolute Gasteiger partial charge is 0.126 e. The lowest BCUT2D eigenvalue weighted by Crippen LogP contribution is -2.20. The van der Waals surface area contributed by atoms with Gasteiger partial charge < -0.3 is 10.6 Å². The predicted octanol–water partition coefficient (Wildman–Crippen LogP) is 4.51. The Morgan fingerprint density at radius 3 is 2.65 bits per heavy atom. The van der Waals surface area contributed by atoms with Crippen LogP contribution in [0.3, 0.4) is 0 Å². The van der Waals surface area contributed by atoms with E-state index < -0.39 is 0 Å². The highest BCUT2D eigenvalue weighted by Gasteiger charge is 2.15. The van der Waals surface area contributed by atoms with Crippen LogP contribution in [-0.4, -0.2) is 7.05 Å². The first-order valence-corrected chi connectivity index (χ1v) is 7.59. The number of aryl methyl sites for hydroxylation is 1. The fourth-order valence-corrected chi connectivity index (χ4v) is 3.27. The zero-order chi connectivity index (χ0) is 14.9. The van der Waals surface area contributed by atoms with Crippen molar-refractivity contribution in [2.24, 2.45) is 5.73 Å². The van der Waals surface area contributed by atoms with Crippen molar-refractivity contribution in [3.8, 4) is 0 Å². The molecule has 5 heteroatoms. The maximum absolute atomic E-state index is 13.7. The molecule has 0 amide bonds. The van der Waals surface area contributed by atoms with E-state index in [9.17, 15) is 4.39 Å². The van der Waals surface area contributed by atoms with Gasteiger partial charge in [0.1, 0.15) is 5.82 Å². The van der Waals surface area contributed by atoms with Crippen molar-refractivity contribution < 1.29 is 4.39 Å². The lowest BCUT2D eigenvalue weighted by molar-refractivity contribution is 0.612. The molecule has 1 unspecified atom stereocenters. The summed E-state index contributed by atoms with van der Waals surface area (Å²) in [6, 6.07) is 7.06. The van der Waals surface area contributed by atoms with E-state index in [0.29, 0.717) is 5.56 Å². The van der Waals surface area contributed by atoms with E-state index >= 15 is 0 Å². The van der Waals surface area contributed by atoms with Crippen molar-refractivity contribution in [3.63, 3.8) is 0 Å². The van der Waals surface area contributed by atoms with E-state index in [1.165, 1.54) is 6.07 Å². The van der Waals surface area contributed by atoms with Crippen LogP contribution in [0.15, 0.2) is 24.3 Å². The summed E-state index contributed by atoms with van der Waals surface area (Å²) in [5, 5.41) is 0. The maximum atomic E-state index is 13.7. The number of thiophene rings is 1. The summed E-state index contributed by atoms with van der Waals surface area (Å²) < 4.78 is 14.5. The quantitative estimate of drug-likeness (QED) is 0.900. The summed E-state index contributed by atoms with van der Waals surface area (Å²) in [5.74, 6) is -0.214. The van der Waals surface area contributed by atoms with Gasteiger partial charge in [0.25, 0.3) is 0 Å². The number of nitrogens with zero attached hydrogens (tertiary/aromatic N) is 1. The molecule has 0 spiro atoms. The molecule has 1 heterocycles. The molecule has 0 bridgehead atoms. The van der Waals surface area contributed by atoms with Gasteiger partial charge in [0.15, 0.2) is 0 Å². The molecule has 108 valence electrons. The van der Waals surface area contributed by atoms with Gasteiger partial charge in [-0.15, -0.1) is 11.3 Å². The summed E-state index contributed by atoms with van der Waals surface area (Å²) in [4.78, 5) is 3.24. The van der Waals surface area contributed by atoms with E-state index in [-0.39, 0.29) is 11.9 Å². The van der Waals surface area contributed by atoms with Crippen molar-refractivity contribution in [1.29, 1.82) is 0 Å². The van der Waals surface area contributed by atoms with E-state index in [0.717, 1.165) is 27.0 Å². The van der Waals surface area contributed by atoms with Crippen molar-refractivity contribution in [3.05, 3.63) is 50.4 Å². The number of halogens is 2. The van der Waals surface area contributed by atoms with Crippen molar-refractivity contribution >= 4 is 28.6 Å². The van der Waals surface area contributed by atoms with Crippen LogP contribution in [0.2, 0.25) is 4.34 Å². The molecule has 2 N–H and O–H groups in total. The number of hydrogen-bond donors (Lipinski definition) is 1. The molecule has 2 nitrogen and oxygen atoms in total. The Bertz CT molecular complexity index is 610. The number of anilines is 1. The van der Waals surface area contributed by atoms with E-state index in [2.05, 4.69) is 4.90 Å². The molecule has 2 rings (SSSR count). The van der Waals surface area contributed by atoms with Crippen LogP contribution in [-0.2, 0) is 6.54 Å². The summed E-state index contributed by atoms with van der Waals surface area (Å²) in [6.45, 7) is 4.35. The second-order valence-electron chi connectivity index (χ2n) is 5.01. The molecule has 0 radical (unpaired) electrons. The van der Waals surface area contributed by atoms with Gasteiger partial charge in [-0.1, -0.05) is 11.6 Å². The molecule has 1 aromatic carbocycles. The largest absolute Gasteiger partial charge is 0.369 e. The van der Waals surface area contributed by atoms with Gasteiger partial charge in [0.2, 0.25) is 0 Å². The minimum absolute atomic E-state index is 0.213. The highest BCUT2D eigenvalue weighted by atomic mass is 35.5. The molecule has 0 saturated heterocycles. The average molecular weight is 313 g/mol. The minimum atomic E-state index is -0.214. The zero-order valence-electron chi connectivity index (χ0n) is 11.8. The second-order valence-corrected chi connectivity index (χ2v) is 6.81. The zero-order valence-corrected chi connectivity index (χ0v) is 13.4. The van der Waals surface area contributed by atoms with Gasteiger partial charge in [-0.3, -0.25) is 0 Å². The molecule has 1 atom stereocenters. The normalized spacial score (nSPS) is 12.5. The van der Waals surface area contributed by atoms with Gasteiger partial charge in [-0.25, -0.2) is 4.39 Å². The van der Waals surface area contributed by atoms with E-state index in [4.69, 9.17) is 17.3 Å². The first-order valence-electron chi connectivity index (χ1n) is 6.39. The monoisotopic (exact) mass is 312 g/mol. The molecular weight excluding hydrogens is 295 g/mol. The van der Waals surface area contributed by atoms with Crippen LogP contribution in [0.25, 0.3) is 0 Å². The Balaban J connectivity index is 2.33. The standard InChI is InChI=1S/C15H18ClFN2S/c1-9-6-14(12(10(2)18)7-13(9)17)19(3)8-11-4-5-15(16)20-11/h4-7,10H,8,18H2,1-3H3. The molecule has 0 fully saturated rings. The van der Waals surface area contributed by atoms with Crippen LogP contribution >= 0.6 is 22.9 Å². The third kappa shape index (κ3) is 3.32. The fourth-order valence-electron chi connectivity index (χ4n) is 2.13. The lowest BCUT2D eigenvalue weighted by atomic mass is 10.0. The SMILES string of the molecule is Cc1cc(N(C)Cc2ccc(Cl)s2)c(C(C)N)cc1F. The average Bonchev–Trinajstić information content (AvgIpc) is 2.77. The van der Waals surface area contributed by atoms with Crippen LogP contribution in [0.5, 0.6) is 0 Å². The third-order valence-corrected chi connectivity index (χ3v) is 4.45. The molecular formula is C15H18ClFN2S. The Morgan fingerprint density at radius 2 is 2.10 bits per heavy atom. The molecule has 1 aromatic heterocycles. The van der Waals surface area contributed by atoms with Crippen LogP contribution < -0.4 is 10.6 Å². The molecule has 2 aromatic rings. The molecule has 0 aliphatic heterocycles. The second kappa shape index (κ2) is 6.12. The number of benzene rings is 1. The number of rotatable bonds is 4. The molecule has 20 heavy (non-hydrogen) atoms. The maximum Gasteiger partial charge on any atom is 0.126 e. The van der Waals surface area contributed by atoms with Crippen LogP contribution in [0.4, 0.5) is 10.1 Å². The Kier molecular flexibility index (Phi) is 4.68. The molecule has 0 aliphatic rings. The Morgan fingerprint density at radius 1 is 1.40 bits per heavy atom. The first-order chi connectivity index (χ1) is 9.38. The molecule has 0 aliphatic carbocycles. The van der Waals surface area contributed by atoms with Crippen LogP contribution in [0.1, 0.15) is 29.0 Å². The summed E-state index contributed by atoms with van der Waals surface area (Å²) >= 11 is 7.50. The van der Waals surface area contributed by atoms with Crippen molar-refractivity contribution in [2.45, 2.75) is 26.4 Å². The van der Waals surface area contributed by atoms with Crippen molar-refractivity contribution in [1.82, 2.24) is 0 Å². The Labute approximate surface area is 128 Å². The third-order valence-electron chi connectivity index (χ3n) is 3.23. The fraction of sp³-hybridized carbons (Fsp3) is 0.333. The number of hydrogen-bond acceptors (Lipinski definition) is 3. The van der Waals surface area contributed by atoms with Gasteiger partial charge in [0, 0.05) is 23.7 Å². The predicted molar refractivity (Wildman–Crippen MR) is 85.2 cm³/mol. The highest BCUT2D eigenvalue weighted by molar-refractivity contribution is 7.16. The van der Waals surface area contributed by atoms with Crippen molar-refractivity contribution in [2.75, 3.05) is 11.9 Å². The molecule has 0 saturated carbocycles. The number of nitrogens with two attached hydrogens (primary N) is 1. The van der Waals surface area contributed by atoms with Gasteiger partial charge in [-0.05, 0) is 49.2 Å². The van der Waals surface area contributed by atoms with Gasteiger partial charge >= 0.3 is 0 Å². The minimum Gasteiger partial charge on any atom is -0.369 e. The topological polar surface area (TPSA) is 29.3 Å². The first kappa shape index (κ1) is 15.3. The lowest BCUT2D eigenvalue weighted by Gasteiger charge is -2.24. The summed E-state index contributed by atoms with van der Waals surface area (Å²) in [7, 11) is 1.98.